The minimum Gasteiger partial charge on any atom is -0.451 e. The summed E-state index contributed by atoms with van der Waals surface area (Å²) in [5.74, 6) is -0.0999. The predicted molar refractivity (Wildman–Crippen MR) is 67.8 cm³/mol. The third-order valence-electron chi connectivity index (χ3n) is 3.44. The van der Waals surface area contributed by atoms with E-state index >= 15 is 0 Å². The van der Waals surface area contributed by atoms with Crippen molar-refractivity contribution in [3.8, 4) is 0 Å². The second-order valence-corrected chi connectivity index (χ2v) is 4.69. The summed E-state index contributed by atoms with van der Waals surface area (Å²) < 4.78 is 24.1. The summed E-state index contributed by atoms with van der Waals surface area (Å²) in [6.45, 7) is 0.270. The average Bonchev–Trinajstić information content (AvgIpc) is 3.02. The second kappa shape index (κ2) is 4.66. The summed E-state index contributed by atoms with van der Waals surface area (Å²) in [5, 5.41) is 0.860. The van der Waals surface area contributed by atoms with Gasteiger partial charge in [-0.15, -0.1) is 0 Å². The fourth-order valence-corrected chi connectivity index (χ4v) is 2.28. The van der Waals surface area contributed by atoms with Crippen molar-refractivity contribution >= 4 is 16.9 Å². The number of halogens is 1. The molecule has 0 radical (unpaired) electrons. The van der Waals surface area contributed by atoms with Crippen LogP contribution in [0, 0.1) is 0 Å². The summed E-state index contributed by atoms with van der Waals surface area (Å²) >= 11 is 0. The Balaban J connectivity index is 1.86. The number of hydrogen-bond acceptors (Lipinski definition) is 3. The summed E-state index contributed by atoms with van der Waals surface area (Å²) in [7, 11) is 1.57. The van der Waals surface area contributed by atoms with Crippen LogP contribution in [-0.4, -0.2) is 43.3 Å². The second-order valence-electron chi connectivity index (χ2n) is 4.69. The minimum absolute atomic E-state index is 0.0441. The molecular formula is C14H14FNO3. The van der Waals surface area contributed by atoms with Crippen LogP contribution in [0.15, 0.2) is 34.7 Å². The molecule has 1 saturated heterocycles. The zero-order valence-corrected chi connectivity index (χ0v) is 10.5. The number of nitrogens with zero attached hydrogens (tertiary/aromatic N) is 1. The van der Waals surface area contributed by atoms with Gasteiger partial charge in [0.05, 0.1) is 19.3 Å². The van der Waals surface area contributed by atoms with Gasteiger partial charge >= 0.3 is 0 Å². The van der Waals surface area contributed by atoms with E-state index in [9.17, 15) is 9.18 Å². The number of hydrogen-bond donors (Lipinski definition) is 0. The van der Waals surface area contributed by atoms with E-state index in [1.54, 1.807) is 19.2 Å². The number of fused-ring (bicyclic) bond motifs is 1. The molecule has 2 atom stereocenters. The first-order valence-electron chi connectivity index (χ1n) is 6.14. The third kappa shape index (κ3) is 2.10. The number of benzene rings is 1. The number of furan rings is 1. The molecule has 0 spiro atoms. The summed E-state index contributed by atoms with van der Waals surface area (Å²) in [6.07, 6.45) is -1.14. The zero-order valence-electron chi connectivity index (χ0n) is 10.5. The number of carbonyl (C=O) groups excluding carboxylic acids is 1. The lowest BCUT2D eigenvalue weighted by Crippen LogP contribution is -2.42. The third-order valence-corrected chi connectivity index (χ3v) is 3.44. The molecule has 1 amide bonds. The quantitative estimate of drug-likeness (QED) is 0.834. The Morgan fingerprint density at radius 2 is 2.16 bits per heavy atom. The molecule has 1 aliphatic rings. The van der Waals surface area contributed by atoms with Gasteiger partial charge in [0.15, 0.2) is 5.76 Å². The molecule has 1 aliphatic heterocycles. The van der Waals surface area contributed by atoms with Gasteiger partial charge in [0, 0.05) is 12.4 Å². The topological polar surface area (TPSA) is 42.7 Å². The van der Waals surface area contributed by atoms with Crippen LogP contribution in [0.2, 0.25) is 0 Å². The maximum absolute atomic E-state index is 13.6. The highest BCUT2D eigenvalue weighted by atomic mass is 19.1. The molecule has 0 unspecified atom stereocenters. The van der Waals surface area contributed by atoms with Crippen LogP contribution in [0.4, 0.5) is 4.39 Å². The number of para-hydroxylation sites is 1. The van der Waals surface area contributed by atoms with E-state index in [2.05, 4.69) is 0 Å². The van der Waals surface area contributed by atoms with Crippen molar-refractivity contribution in [3.63, 3.8) is 0 Å². The lowest BCUT2D eigenvalue weighted by molar-refractivity contribution is 0.0643. The van der Waals surface area contributed by atoms with Crippen molar-refractivity contribution in [3.05, 3.63) is 36.1 Å². The van der Waals surface area contributed by atoms with Gasteiger partial charge in [0.2, 0.25) is 0 Å². The van der Waals surface area contributed by atoms with Gasteiger partial charge in [-0.2, -0.15) is 0 Å². The molecule has 0 bridgehead atoms. The van der Waals surface area contributed by atoms with E-state index in [1.165, 1.54) is 4.90 Å². The first kappa shape index (κ1) is 12.2. The number of ether oxygens (including phenoxy) is 1. The molecule has 0 aliphatic carbocycles. The van der Waals surface area contributed by atoms with Crippen molar-refractivity contribution in [2.75, 3.05) is 20.3 Å². The molecule has 1 aromatic carbocycles. The molecule has 1 fully saturated rings. The summed E-state index contributed by atoms with van der Waals surface area (Å²) in [4.78, 5) is 13.6. The van der Waals surface area contributed by atoms with E-state index in [-0.39, 0.29) is 24.9 Å². The van der Waals surface area contributed by atoms with Gasteiger partial charge < -0.3 is 14.1 Å². The monoisotopic (exact) mass is 263 g/mol. The Labute approximate surface area is 109 Å². The normalized spacial score (nSPS) is 22.8. The molecule has 1 aromatic heterocycles. The number of rotatable bonds is 2. The first-order valence-corrected chi connectivity index (χ1v) is 6.14. The van der Waals surface area contributed by atoms with Gasteiger partial charge in [-0.25, -0.2) is 4.39 Å². The maximum atomic E-state index is 13.6. The fraction of sp³-hybridized carbons (Fsp3) is 0.357. The molecule has 100 valence electrons. The van der Waals surface area contributed by atoms with Crippen LogP contribution in [0.25, 0.3) is 11.0 Å². The Morgan fingerprint density at radius 3 is 2.84 bits per heavy atom. The maximum Gasteiger partial charge on any atom is 0.289 e. The predicted octanol–water partition coefficient (Wildman–Crippen LogP) is 2.24. The number of alkyl halides is 1. The highest BCUT2D eigenvalue weighted by Gasteiger charge is 2.35. The molecule has 0 saturated carbocycles. The smallest absolute Gasteiger partial charge is 0.289 e. The highest BCUT2D eigenvalue weighted by molar-refractivity contribution is 5.96. The lowest BCUT2D eigenvalue weighted by Gasteiger charge is -2.23. The lowest BCUT2D eigenvalue weighted by atomic mass is 10.2. The largest absolute Gasteiger partial charge is 0.451 e. The van der Waals surface area contributed by atoms with Gasteiger partial charge in [0.25, 0.3) is 5.91 Å². The Bertz CT molecular complexity index is 577. The molecule has 4 nitrogen and oxygen atoms in total. The van der Waals surface area contributed by atoms with Gasteiger partial charge in [-0.3, -0.25) is 4.79 Å². The molecule has 19 heavy (non-hydrogen) atoms. The standard InChI is InChI=1S/C14H14FNO3/c1-16(11-8-18-7-10(11)15)14(17)13-6-9-4-2-3-5-12(9)19-13/h2-6,10-11H,7-8H2,1H3/t10-,11-/m1/s1. The van der Waals surface area contributed by atoms with Crippen LogP contribution in [0.3, 0.4) is 0 Å². The molecule has 2 aromatic rings. The zero-order chi connectivity index (χ0) is 13.4. The summed E-state index contributed by atoms with van der Waals surface area (Å²) in [6, 6.07) is 8.51. The van der Waals surface area contributed by atoms with Crippen molar-refractivity contribution in [2.24, 2.45) is 0 Å². The summed E-state index contributed by atoms with van der Waals surface area (Å²) in [5.41, 5.74) is 0.652. The first-order chi connectivity index (χ1) is 9.16. The van der Waals surface area contributed by atoms with Gasteiger partial charge in [0.1, 0.15) is 11.8 Å². The van der Waals surface area contributed by atoms with Gasteiger partial charge in [-0.05, 0) is 12.1 Å². The van der Waals surface area contributed by atoms with Gasteiger partial charge in [-0.1, -0.05) is 18.2 Å². The van der Waals surface area contributed by atoms with E-state index in [0.717, 1.165) is 5.39 Å². The van der Waals surface area contributed by atoms with Crippen LogP contribution < -0.4 is 0 Å². The number of carbonyl (C=O) groups is 1. The fourth-order valence-electron chi connectivity index (χ4n) is 2.28. The average molecular weight is 263 g/mol. The molecular weight excluding hydrogens is 249 g/mol. The Kier molecular flexibility index (Phi) is 2.98. The molecule has 2 heterocycles. The molecule has 0 N–H and O–H groups in total. The van der Waals surface area contributed by atoms with E-state index in [4.69, 9.17) is 9.15 Å². The minimum atomic E-state index is -1.14. The van der Waals surface area contributed by atoms with Crippen LogP contribution in [0.1, 0.15) is 10.6 Å². The number of amides is 1. The van der Waals surface area contributed by atoms with Crippen LogP contribution in [0.5, 0.6) is 0 Å². The van der Waals surface area contributed by atoms with Crippen molar-refractivity contribution in [1.82, 2.24) is 4.90 Å². The van der Waals surface area contributed by atoms with Crippen molar-refractivity contribution in [2.45, 2.75) is 12.2 Å². The molecule has 5 heteroatoms. The van der Waals surface area contributed by atoms with Crippen molar-refractivity contribution < 1.29 is 18.3 Å². The van der Waals surface area contributed by atoms with E-state index < -0.39 is 12.2 Å². The molecule has 3 rings (SSSR count). The van der Waals surface area contributed by atoms with E-state index in [0.29, 0.717) is 5.58 Å². The Hall–Kier alpha value is -1.88. The van der Waals surface area contributed by atoms with Crippen molar-refractivity contribution in [1.29, 1.82) is 0 Å². The Morgan fingerprint density at radius 1 is 1.37 bits per heavy atom. The van der Waals surface area contributed by atoms with E-state index in [1.807, 2.05) is 18.2 Å². The SMILES string of the molecule is CN(C(=O)c1cc2ccccc2o1)[C@@H]1COC[C@H]1F. The number of likely N-dealkylation sites (N-methyl/N-ethyl adjacent to an activating group) is 1. The van der Waals surface area contributed by atoms with Crippen LogP contribution >= 0.6 is 0 Å². The van der Waals surface area contributed by atoms with Crippen LogP contribution in [-0.2, 0) is 4.74 Å². The highest BCUT2D eigenvalue weighted by Crippen LogP contribution is 2.22.